The van der Waals surface area contributed by atoms with Gasteiger partial charge >= 0.3 is 0 Å². The summed E-state index contributed by atoms with van der Waals surface area (Å²) in [6.45, 7) is 0.271. The van der Waals surface area contributed by atoms with Crippen LogP contribution in [0.3, 0.4) is 0 Å². The lowest BCUT2D eigenvalue weighted by atomic mass is 10.1. The van der Waals surface area contributed by atoms with E-state index in [-0.39, 0.29) is 13.2 Å². The minimum absolute atomic E-state index is 0.136. The predicted molar refractivity (Wildman–Crippen MR) is 164 cm³/mol. The Kier molecular flexibility index (Phi) is 7.46. The van der Waals surface area contributed by atoms with Crippen LogP contribution in [0.1, 0.15) is 0 Å². The highest BCUT2D eigenvalue weighted by Gasteiger charge is 2.08. The van der Waals surface area contributed by atoms with Crippen LogP contribution in [-0.4, -0.2) is 24.4 Å². The smallest absolute Gasteiger partial charge is 0.122 e. The van der Waals surface area contributed by atoms with Crippen molar-refractivity contribution in [3.63, 3.8) is 0 Å². The number of ether oxygens (including phenoxy) is 2. The molecule has 0 saturated carbocycles. The number of hydrogen-bond donors (Lipinski definition) is 3. The van der Waals surface area contributed by atoms with Gasteiger partial charge in [0.25, 0.3) is 0 Å². The Morgan fingerprint density at radius 1 is 0.475 bits per heavy atom. The molecule has 0 bridgehead atoms. The Labute approximate surface area is 233 Å². The topological polar surface area (TPSA) is 62.8 Å². The third-order valence-corrected chi connectivity index (χ3v) is 6.73. The van der Waals surface area contributed by atoms with Crippen molar-refractivity contribution in [3.05, 3.63) is 133 Å². The van der Waals surface area contributed by atoms with E-state index in [0.29, 0.717) is 11.5 Å². The normalized spacial score (nSPS) is 11.1. The van der Waals surface area contributed by atoms with E-state index in [1.807, 2.05) is 84.9 Å². The van der Waals surface area contributed by atoms with Crippen LogP contribution in [0.25, 0.3) is 21.5 Å². The summed E-state index contributed by atoms with van der Waals surface area (Å²) in [5.41, 5.74) is 4.03. The van der Waals surface area contributed by atoms with Crippen LogP contribution < -0.4 is 20.1 Å². The Morgan fingerprint density at radius 2 is 0.875 bits per heavy atom. The van der Waals surface area contributed by atoms with Crippen LogP contribution in [-0.2, 0) is 0 Å². The zero-order valence-corrected chi connectivity index (χ0v) is 22.0. The molecule has 0 heterocycles. The number of rotatable bonds is 10. The molecular weight excluding hydrogens is 496 g/mol. The van der Waals surface area contributed by atoms with Gasteiger partial charge in [0.15, 0.2) is 0 Å². The summed E-state index contributed by atoms with van der Waals surface area (Å²) in [5.74, 6) is 1.37. The van der Waals surface area contributed by atoms with Gasteiger partial charge in [0.1, 0.15) is 30.8 Å². The molecule has 40 heavy (non-hydrogen) atoms. The van der Waals surface area contributed by atoms with E-state index >= 15 is 0 Å². The minimum atomic E-state index is -0.762. The molecule has 6 rings (SSSR count). The Bertz CT molecular complexity index is 1580. The van der Waals surface area contributed by atoms with E-state index in [1.54, 1.807) is 0 Å². The van der Waals surface area contributed by atoms with Crippen molar-refractivity contribution in [2.24, 2.45) is 0 Å². The van der Waals surface area contributed by atoms with Crippen LogP contribution in [0, 0.1) is 0 Å². The molecule has 0 spiro atoms. The molecule has 0 fully saturated rings. The summed E-state index contributed by atoms with van der Waals surface area (Å²) in [4.78, 5) is 0. The van der Waals surface area contributed by atoms with Crippen LogP contribution in [0.5, 0.6) is 11.5 Å². The number of benzene rings is 6. The standard InChI is InChI=1S/C35H30N2O3/c38-29(23-39-30-19-15-27(16-20-30)36-34-13-5-9-25-7-1-3-11-32(25)34)24-40-31-21-17-28(18-22-31)37-35-14-6-10-26-8-2-4-12-33(26)35/h1-22,29,36-38H,23-24H2. The fraction of sp³-hybridized carbons (Fsp3) is 0.0857. The minimum Gasteiger partial charge on any atom is -0.491 e. The number of aliphatic hydroxyl groups excluding tert-OH is 1. The lowest BCUT2D eigenvalue weighted by molar-refractivity contribution is 0.0626. The molecule has 0 atom stereocenters. The molecular formula is C35H30N2O3. The second kappa shape index (κ2) is 11.8. The number of anilines is 4. The van der Waals surface area contributed by atoms with Crippen LogP contribution in [0.2, 0.25) is 0 Å². The first-order valence-electron chi connectivity index (χ1n) is 13.3. The molecule has 0 radical (unpaired) electrons. The van der Waals surface area contributed by atoms with Crippen molar-refractivity contribution in [2.45, 2.75) is 6.10 Å². The average Bonchev–Trinajstić information content (AvgIpc) is 3.01. The van der Waals surface area contributed by atoms with Crippen LogP contribution in [0.15, 0.2) is 133 Å². The molecule has 6 aromatic carbocycles. The Hall–Kier alpha value is -5.00. The SMILES string of the molecule is OC(COc1ccc(Nc2cccc3ccccc23)cc1)COc1ccc(Nc2cccc3ccccc23)cc1. The molecule has 0 aliphatic rings. The number of nitrogens with one attached hydrogen (secondary N) is 2. The molecule has 0 aromatic heterocycles. The van der Waals surface area contributed by atoms with Gasteiger partial charge in [-0.15, -0.1) is 0 Å². The molecule has 5 nitrogen and oxygen atoms in total. The molecule has 0 aliphatic heterocycles. The predicted octanol–water partition coefficient (Wildman–Crippen LogP) is 8.30. The molecule has 0 unspecified atom stereocenters. The summed E-state index contributed by atoms with van der Waals surface area (Å²) < 4.78 is 11.6. The molecule has 0 amide bonds. The second-order valence-corrected chi connectivity index (χ2v) is 9.63. The molecule has 0 aliphatic carbocycles. The fourth-order valence-corrected chi connectivity index (χ4v) is 4.68. The van der Waals surface area contributed by atoms with E-state index < -0.39 is 6.10 Å². The highest BCUT2D eigenvalue weighted by atomic mass is 16.5. The largest absolute Gasteiger partial charge is 0.491 e. The third-order valence-electron chi connectivity index (χ3n) is 6.73. The van der Waals surface area contributed by atoms with Gasteiger partial charge in [-0.2, -0.15) is 0 Å². The molecule has 198 valence electrons. The number of fused-ring (bicyclic) bond motifs is 2. The quantitative estimate of drug-likeness (QED) is 0.168. The highest BCUT2D eigenvalue weighted by Crippen LogP contribution is 2.28. The van der Waals surface area contributed by atoms with Crippen molar-refractivity contribution in [1.29, 1.82) is 0 Å². The summed E-state index contributed by atoms with van der Waals surface area (Å²) in [5, 5.41) is 22.1. The first-order chi connectivity index (χ1) is 19.7. The van der Waals surface area contributed by atoms with Crippen molar-refractivity contribution in [2.75, 3.05) is 23.8 Å². The lowest BCUT2D eigenvalue weighted by Crippen LogP contribution is -2.25. The van der Waals surface area contributed by atoms with Crippen molar-refractivity contribution >= 4 is 44.3 Å². The number of hydrogen-bond acceptors (Lipinski definition) is 5. The first-order valence-corrected chi connectivity index (χ1v) is 13.3. The maximum absolute atomic E-state index is 10.4. The first kappa shape index (κ1) is 25.3. The summed E-state index contributed by atoms with van der Waals surface area (Å²) in [6, 6.07) is 44.4. The summed E-state index contributed by atoms with van der Waals surface area (Å²) in [6.07, 6.45) is -0.762. The zero-order chi connectivity index (χ0) is 27.1. The summed E-state index contributed by atoms with van der Waals surface area (Å²) >= 11 is 0. The highest BCUT2D eigenvalue weighted by molar-refractivity contribution is 5.96. The van der Waals surface area contributed by atoms with Gasteiger partial charge in [-0.3, -0.25) is 0 Å². The maximum Gasteiger partial charge on any atom is 0.122 e. The van der Waals surface area contributed by atoms with Gasteiger partial charge in [0.05, 0.1) is 0 Å². The number of aliphatic hydroxyl groups is 1. The zero-order valence-electron chi connectivity index (χ0n) is 22.0. The Morgan fingerprint density at radius 3 is 1.32 bits per heavy atom. The summed E-state index contributed by atoms with van der Waals surface area (Å²) in [7, 11) is 0. The van der Waals surface area contributed by atoms with E-state index in [1.165, 1.54) is 21.5 Å². The Balaban J connectivity index is 0.979. The molecule has 3 N–H and O–H groups in total. The van der Waals surface area contributed by atoms with E-state index in [2.05, 4.69) is 59.2 Å². The van der Waals surface area contributed by atoms with Gasteiger partial charge in [-0.25, -0.2) is 0 Å². The van der Waals surface area contributed by atoms with Gasteiger partial charge in [-0.05, 0) is 71.4 Å². The van der Waals surface area contributed by atoms with Gasteiger partial charge in [-0.1, -0.05) is 72.8 Å². The van der Waals surface area contributed by atoms with Gasteiger partial charge in [0.2, 0.25) is 0 Å². The fourth-order valence-electron chi connectivity index (χ4n) is 4.68. The molecule has 5 heteroatoms. The van der Waals surface area contributed by atoms with Gasteiger partial charge in [0, 0.05) is 33.5 Å². The van der Waals surface area contributed by atoms with Crippen molar-refractivity contribution < 1.29 is 14.6 Å². The van der Waals surface area contributed by atoms with Crippen LogP contribution >= 0.6 is 0 Å². The molecule has 6 aromatic rings. The molecule has 0 saturated heterocycles. The third kappa shape index (κ3) is 6.01. The lowest BCUT2D eigenvalue weighted by Gasteiger charge is -2.15. The van der Waals surface area contributed by atoms with Crippen molar-refractivity contribution in [3.8, 4) is 11.5 Å². The second-order valence-electron chi connectivity index (χ2n) is 9.63. The van der Waals surface area contributed by atoms with E-state index in [4.69, 9.17) is 9.47 Å². The van der Waals surface area contributed by atoms with Crippen molar-refractivity contribution in [1.82, 2.24) is 0 Å². The van der Waals surface area contributed by atoms with Gasteiger partial charge < -0.3 is 25.2 Å². The average molecular weight is 527 g/mol. The van der Waals surface area contributed by atoms with Crippen LogP contribution in [0.4, 0.5) is 22.7 Å². The maximum atomic E-state index is 10.4. The monoisotopic (exact) mass is 526 g/mol. The van der Waals surface area contributed by atoms with E-state index in [0.717, 1.165) is 22.7 Å². The van der Waals surface area contributed by atoms with E-state index in [9.17, 15) is 5.11 Å².